The number of carbonyl (C=O) groups excluding carboxylic acids is 3. The average Bonchev–Trinajstić information content (AvgIpc) is 3.23. The van der Waals surface area contributed by atoms with Crippen LogP contribution in [0.1, 0.15) is 16.1 Å². The Kier molecular flexibility index (Phi) is 5.70. The van der Waals surface area contributed by atoms with Gasteiger partial charge in [0.15, 0.2) is 5.76 Å². The van der Waals surface area contributed by atoms with Gasteiger partial charge in [0, 0.05) is 13.1 Å². The molecule has 6 nitrogen and oxygen atoms in total. The number of benzene rings is 1. The quantitative estimate of drug-likeness (QED) is 0.751. The van der Waals surface area contributed by atoms with Crippen LogP contribution in [0.15, 0.2) is 45.9 Å². The van der Waals surface area contributed by atoms with Crippen molar-refractivity contribution in [2.24, 2.45) is 0 Å². The van der Waals surface area contributed by atoms with Gasteiger partial charge in [-0.15, -0.1) is 0 Å². The number of nitrogens with one attached hydrogen (secondary N) is 1. The first kappa shape index (κ1) is 18.6. The fourth-order valence-electron chi connectivity index (χ4n) is 2.24. The van der Waals surface area contributed by atoms with E-state index in [0.29, 0.717) is 15.6 Å². The van der Waals surface area contributed by atoms with Crippen LogP contribution in [0, 0.1) is 0 Å². The normalized spacial score (nSPS) is 15.8. The van der Waals surface area contributed by atoms with Crippen molar-refractivity contribution in [1.29, 1.82) is 0 Å². The van der Waals surface area contributed by atoms with E-state index in [2.05, 4.69) is 5.32 Å². The largest absolute Gasteiger partial charge is 0.459 e. The lowest BCUT2D eigenvalue weighted by Crippen LogP contribution is -2.37. The van der Waals surface area contributed by atoms with Crippen molar-refractivity contribution in [1.82, 2.24) is 10.2 Å². The zero-order chi connectivity index (χ0) is 18.7. The maximum Gasteiger partial charge on any atom is 0.293 e. The molecule has 1 aromatic carbocycles. The van der Waals surface area contributed by atoms with E-state index in [-0.39, 0.29) is 23.8 Å². The molecule has 9 heteroatoms. The van der Waals surface area contributed by atoms with Gasteiger partial charge in [-0.05, 0) is 41.6 Å². The zero-order valence-corrected chi connectivity index (χ0v) is 15.5. The Bertz CT molecular complexity index is 896. The summed E-state index contributed by atoms with van der Waals surface area (Å²) in [5.41, 5.74) is 0.552. The van der Waals surface area contributed by atoms with Crippen LogP contribution in [0.2, 0.25) is 10.0 Å². The topological polar surface area (TPSA) is 79.6 Å². The predicted octanol–water partition coefficient (Wildman–Crippen LogP) is 4.05. The summed E-state index contributed by atoms with van der Waals surface area (Å²) in [5, 5.41) is 2.85. The highest BCUT2D eigenvalue weighted by Gasteiger charge is 2.34. The number of carbonyl (C=O) groups is 3. The molecule has 134 valence electrons. The molecule has 0 unspecified atom stereocenters. The smallest absolute Gasteiger partial charge is 0.293 e. The third-order valence-corrected chi connectivity index (χ3v) is 5.25. The van der Waals surface area contributed by atoms with Crippen LogP contribution >= 0.6 is 35.0 Å². The number of rotatable bonds is 5. The van der Waals surface area contributed by atoms with Crippen molar-refractivity contribution in [2.45, 2.75) is 0 Å². The van der Waals surface area contributed by atoms with E-state index in [4.69, 9.17) is 27.6 Å². The molecule has 3 rings (SSSR count). The maximum atomic E-state index is 12.4. The van der Waals surface area contributed by atoms with E-state index in [1.165, 1.54) is 18.4 Å². The first-order chi connectivity index (χ1) is 12.5. The summed E-state index contributed by atoms with van der Waals surface area (Å²) < 4.78 is 4.97. The van der Waals surface area contributed by atoms with E-state index in [1.54, 1.807) is 24.3 Å². The Morgan fingerprint density at radius 2 is 2.04 bits per heavy atom. The molecule has 1 aliphatic heterocycles. The van der Waals surface area contributed by atoms with Crippen LogP contribution in [0.25, 0.3) is 6.08 Å². The SMILES string of the molecule is O=C(NCCN1C(=O)SC(=Cc2cccc(Cl)c2Cl)C1=O)c1ccco1. The van der Waals surface area contributed by atoms with Crippen LogP contribution in [0.4, 0.5) is 4.79 Å². The predicted molar refractivity (Wildman–Crippen MR) is 100 cm³/mol. The van der Waals surface area contributed by atoms with Crippen LogP contribution < -0.4 is 5.32 Å². The van der Waals surface area contributed by atoms with Gasteiger partial charge >= 0.3 is 0 Å². The highest BCUT2D eigenvalue weighted by Crippen LogP contribution is 2.34. The molecule has 1 fully saturated rings. The summed E-state index contributed by atoms with van der Waals surface area (Å²) in [4.78, 5) is 37.6. The molecule has 2 aromatic rings. The minimum absolute atomic E-state index is 0.0533. The lowest BCUT2D eigenvalue weighted by atomic mass is 10.2. The molecule has 1 saturated heterocycles. The Labute approximate surface area is 163 Å². The molecule has 2 heterocycles. The molecule has 26 heavy (non-hydrogen) atoms. The van der Waals surface area contributed by atoms with E-state index in [9.17, 15) is 14.4 Å². The molecule has 3 amide bonds. The Morgan fingerprint density at radius 3 is 2.77 bits per heavy atom. The minimum Gasteiger partial charge on any atom is -0.459 e. The summed E-state index contributed by atoms with van der Waals surface area (Å²) in [5.74, 6) is -0.693. The molecule has 1 N–H and O–H groups in total. The second kappa shape index (κ2) is 7.99. The van der Waals surface area contributed by atoms with E-state index in [1.807, 2.05) is 0 Å². The van der Waals surface area contributed by atoms with Crippen molar-refractivity contribution in [3.8, 4) is 0 Å². The lowest BCUT2D eigenvalue weighted by molar-refractivity contribution is -0.122. The van der Waals surface area contributed by atoms with E-state index >= 15 is 0 Å². The molecule has 0 spiro atoms. The average molecular weight is 411 g/mol. The second-order valence-corrected chi connectivity index (χ2v) is 6.99. The Morgan fingerprint density at radius 1 is 1.23 bits per heavy atom. The molecular formula is C17H12Cl2N2O4S. The number of hydrogen-bond acceptors (Lipinski definition) is 5. The fraction of sp³-hybridized carbons (Fsp3) is 0.118. The summed E-state index contributed by atoms with van der Waals surface area (Å²) in [6.45, 7) is 0.167. The van der Waals surface area contributed by atoms with Gasteiger partial charge in [-0.2, -0.15) is 0 Å². The fourth-order valence-corrected chi connectivity index (χ4v) is 3.46. The van der Waals surface area contributed by atoms with Crippen molar-refractivity contribution in [2.75, 3.05) is 13.1 Å². The van der Waals surface area contributed by atoms with Crippen molar-refractivity contribution in [3.63, 3.8) is 0 Å². The highest BCUT2D eigenvalue weighted by molar-refractivity contribution is 8.18. The number of hydrogen-bond donors (Lipinski definition) is 1. The summed E-state index contributed by atoms with van der Waals surface area (Å²) in [6, 6.07) is 8.15. The van der Waals surface area contributed by atoms with Gasteiger partial charge in [-0.25, -0.2) is 0 Å². The minimum atomic E-state index is -0.441. The molecule has 0 atom stereocenters. The summed E-state index contributed by atoms with van der Waals surface area (Å²) in [7, 11) is 0. The maximum absolute atomic E-state index is 12.4. The molecule has 0 radical (unpaired) electrons. The monoisotopic (exact) mass is 410 g/mol. The number of thioether (sulfide) groups is 1. The Balaban J connectivity index is 1.64. The highest BCUT2D eigenvalue weighted by atomic mass is 35.5. The first-order valence-electron chi connectivity index (χ1n) is 7.48. The third kappa shape index (κ3) is 3.95. The van der Waals surface area contributed by atoms with E-state index < -0.39 is 17.1 Å². The van der Waals surface area contributed by atoms with Gasteiger partial charge in [0.2, 0.25) is 0 Å². The second-order valence-electron chi connectivity index (χ2n) is 5.21. The standard InChI is InChI=1S/C17H12Cl2N2O4S/c18-11-4-1-3-10(14(11)19)9-13-16(23)21(17(24)26-13)7-6-20-15(22)12-5-2-8-25-12/h1-5,8-9H,6-7H2,(H,20,22). The van der Waals surface area contributed by atoms with Crippen molar-refractivity contribution < 1.29 is 18.8 Å². The van der Waals surface area contributed by atoms with Gasteiger partial charge in [0.25, 0.3) is 17.1 Å². The van der Waals surface area contributed by atoms with Crippen LogP contribution in [0.3, 0.4) is 0 Å². The molecular weight excluding hydrogens is 399 g/mol. The number of amides is 3. The molecule has 0 saturated carbocycles. The van der Waals surface area contributed by atoms with Gasteiger partial charge in [-0.1, -0.05) is 35.3 Å². The van der Waals surface area contributed by atoms with Crippen molar-refractivity contribution >= 4 is 58.1 Å². The first-order valence-corrected chi connectivity index (χ1v) is 9.05. The molecule has 1 aliphatic rings. The van der Waals surface area contributed by atoms with Gasteiger partial charge in [0.1, 0.15) is 0 Å². The number of nitrogens with zero attached hydrogens (tertiary/aromatic N) is 1. The molecule has 0 aliphatic carbocycles. The van der Waals surface area contributed by atoms with Crippen LogP contribution in [-0.2, 0) is 4.79 Å². The number of halogens is 2. The number of imide groups is 1. The van der Waals surface area contributed by atoms with Crippen LogP contribution in [0.5, 0.6) is 0 Å². The number of furan rings is 1. The van der Waals surface area contributed by atoms with Gasteiger partial charge < -0.3 is 9.73 Å². The zero-order valence-electron chi connectivity index (χ0n) is 13.2. The van der Waals surface area contributed by atoms with Crippen molar-refractivity contribution in [3.05, 3.63) is 62.9 Å². The third-order valence-electron chi connectivity index (χ3n) is 3.51. The Hall–Kier alpha value is -2.22. The molecule has 0 bridgehead atoms. The van der Waals surface area contributed by atoms with Gasteiger partial charge in [-0.3, -0.25) is 19.3 Å². The van der Waals surface area contributed by atoms with Crippen LogP contribution in [-0.4, -0.2) is 35.0 Å². The van der Waals surface area contributed by atoms with Gasteiger partial charge in [0.05, 0.1) is 21.2 Å². The summed E-state index contributed by atoms with van der Waals surface area (Å²) >= 11 is 12.9. The lowest BCUT2D eigenvalue weighted by Gasteiger charge is -2.12. The summed E-state index contributed by atoms with van der Waals surface area (Å²) in [6.07, 6.45) is 2.91. The molecule has 1 aromatic heterocycles. The van der Waals surface area contributed by atoms with E-state index in [0.717, 1.165) is 16.7 Å².